The molecule has 0 aromatic heterocycles. The number of hydrogen-bond acceptors (Lipinski definition) is 5. The highest BCUT2D eigenvalue weighted by atomic mass is 19.3. The van der Waals surface area contributed by atoms with Crippen molar-refractivity contribution in [2.75, 3.05) is 0 Å². The van der Waals surface area contributed by atoms with E-state index in [-0.39, 0.29) is 24.1 Å². The summed E-state index contributed by atoms with van der Waals surface area (Å²) in [5, 5.41) is 0. The largest absolute Gasteiger partial charge is 0.435 e. The summed E-state index contributed by atoms with van der Waals surface area (Å²) in [7, 11) is 0. The van der Waals surface area contributed by atoms with Gasteiger partial charge in [0.25, 0.3) is 5.91 Å². The molecule has 0 spiro atoms. The topological polar surface area (TPSA) is 91.5 Å². The molecule has 2 unspecified atom stereocenters. The van der Waals surface area contributed by atoms with E-state index in [1.807, 2.05) is 30.3 Å². The van der Waals surface area contributed by atoms with Crippen LogP contribution in [0.1, 0.15) is 23.6 Å². The van der Waals surface area contributed by atoms with Gasteiger partial charge in [0.1, 0.15) is 11.8 Å². The predicted molar refractivity (Wildman–Crippen MR) is 96.9 cm³/mol. The molecule has 0 aliphatic carbocycles. The van der Waals surface area contributed by atoms with E-state index in [0.29, 0.717) is 12.0 Å². The Labute approximate surface area is 160 Å². The summed E-state index contributed by atoms with van der Waals surface area (Å²) < 4.78 is 28.5. The van der Waals surface area contributed by atoms with Crippen LogP contribution in [0, 0.1) is 0 Å². The van der Waals surface area contributed by atoms with Gasteiger partial charge in [-0.1, -0.05) is 42.5 Å². The lowest BCUT2D eigenvalue weighted by Gasteiger charge is -2.12. The Balaban J connectivity index is 1.42. The molecule has 28 heavy (non-hydrogen) atoms. The second-order valence-electron chi connectivity index (χ2n) is 6.28. The highest BCUT2D eigenvalue weighted by Gasteiger charge is 2.30. The summed E-state index contributed by atoms with van der Waals surface area (Å²) in [6, 6.07) is 14.9. The van der Waals surface area contributed by atoms with Crippen molar-refractivity contribution in [1.82, 2.24) is 21.7 Å². The molecule has 1 fully saturated rings. The zero-order chi connectivity index (χ0) is 19.9. The predicted octanol–water partition coefficient (Wildman–Crippen LogP) is 1.59. The van der Waals surface area contributed by atoms with Crippen molar-refractivity contribution >= 4 is 11.8 Å². The number of carbonyl (C=O) groups excluding carboxylic acids is 2. The lowest BCUT2D eigenvalue weighted by Crippen LogP contribution is -2.50. The first-order valence-electron chi connectivity index (χ1n) is 8.69. The number of amides is 2. The Morgan fingerprint density at radius 3 is 2.43 bits per heavy atom. The van der Waals surface area contributed by atoms with E-state index in [9.17, 15) is 18.4 Å². The van der Waals surface area contributed by atoms with Crippen molar-refractivity contribution in [2.24, 2.45) is 0 Å². The van der Waals surface area contributed by atoms with E-state index >= 15 is 0 Å². The van der Waals surface area contributed by atoms with Gasteiger partial charge in [0.2, 0.25) is 5.91 Å². The molecule has 1 saturated heterocycles. The second kappa shape index (κ2) is 9.25. The van der Waals surface area contributed by atoms with Crippen molar-refractivity contribution in [3.8, 4) is 5.75 Å². The van der Waals surface area contributed by atoms with E-state index in [0.717, 1.165) is 5.56 Å². The minimum absolute atomic E-state index is 0.00150. The Morgan fingerprint density at radius 1 is 1.04 bits per heavy atom. The number of hydrogen-bond donors (Lipinski definition) is 4. The SMILES string of the molecule is O=C(Cc1ccc(OC(F)F)cc1)NNC(=O)C1CC(c2ccccc2)NN1. The smallest absolute Gasteiger partial charge is 0.387 e. The molecule has 0 saturated carbocycles. The number of carbonyl (C=O) groups is 2. The zero-order valence-electron chi connectivity index (χ0n) is 14.8. The Kier molecular flexibility index (Phi) is 6.51. The van der Waals surface area contributed by atoms with Crippen LogP contribution in [-0.4, -0.2) is 24.5 Å². The minimum Gasteiger partial charge on any atom is -0.435 e. The van der Waals surface area contributed by atoms with Crippen LogP contribution in [0.4, 0.5) is 8.78 Å². The van der Waals surface area contributed by atoms with Gasteiger partial charge >= 0.3 is 6.61 Å². The lowest BCUT2D eigenvalue weighted by atomic mass is 10.0. The summed E-state index contributed by atoms with van der Waals surface area (Å²) in [6.45, 7) is -2.90. The van der Waals surface area contributed by atoms with Gasteiger partial charge in [-0.25, -0.2) is 10.9 Å². The van der Waals surface area contributed by atoms with Gasteiger partial charge in [-0.3, -0.25) is 20.4 Å². The average Bonchev–Trinajstić information content (AvgIpc) is 3.18. The maximum Gasteiger partial charge on any atom is 0.387 e. The molecule has 2 aromatic carbocycles. The van der Waals surface area contributed by atoms with Crippen LogP contribution in [0.15, 0.2) is 54.6 Å². The third-order valence-corrected chi connectivity index (χ3v) is 4.26. The Hall–Kier alpha value is -3.04. The van der Waals surface area contributed by atoms with Gasteiger partial charge < -0.3 is 4.74 Å². The molecule has 2 aromatic rings. The van der Waals surface area contributed by atoms with Crippen molar-refractivity contribution in [2.45, 2.75) is 31.5 Å². The number of rotatable bonds is 6. The normalized spacial score (nSPS) is 18.7. The van der Waals surface area contributed by atoms with E-state index < -0.39 is 18.6 Å². The van der Waals surface area contributed by atoms with E-state index in [1.54, 1.807) is 0 Å². The first-order valence-corrected chi connectivity index (χ1v) is 8.69. The number of halogens is 2. The molecule has 4 N–H and O–H groups in total. The van der Waals surface area contributed by atoms with Crippen LogP contribution < -0.4 is 26.4 Å². The fourth-order valence-electron chi connectivity index (χ4n) is 2.87. The first kappa shape index (κ1) is 19.7. The zero-order valence-corrected chi connectivity index (χ0v) is 14.8. The minimum atomic E-state index is -2.90. The molecule has 0 radical (unpaired) electrons. The number of ether oxygens (including phenoxy) is 1. The highest BCUT2D eigenvalue weighted by molar-refractivity contribution is 5.86. The molecule has 7 nitrogen and oxygen atoms in total. The number of hydrazine groups is 2. The van der Waals surface area contributed by atoms with E-state index in [1.165, 1.54) is 24.3 Å². The Bertz CT molecular complexity index is 803. The molecule has 3 rings (SSSR count). The summed E-state index contributed by atoms with van der Waals surface area (Å²) in [5.74, 6) is -0.776. The van der Waals surface area contributed by atoms with Crippen LogP contribution >= 0.6 is 0 Å². The van der Waals surface area contributed by atoms with Crippen molar-refractivity contribution in [1.29, 1.82) is 0 Å². The average molecular weight is 390 g/mol. The number of benzene rings is 2. The molecule has 9 heteroatoms. The molecule has 1 heterocycles. The van der Waals surface area contributed by atoms with Gasteiger partial charge in [-0.2, -0.15) is 8.78 Å². The molecule has 1 aliphatic heterocycles. The fraction of sp³-hybridized carbons (Fsp3) is 0.263. The van der Waals surface area contributed by atoms with Crippen LogP contribution in [-0.2, 0) is 16.0 Å². The first-order chi connectivity index (χ1) is 13.5. The maximum atomic E-state index is 12.2. The molecular weight excluding hydrogens is 370 g/mol. The maximum absolute atomic E-state index is 12.2. The van der Waals surface area contributed by atoms with Gasteiger partial charge in [-0.05, 0) is 29.7 Å². The van der Waals surface area contributed by atoms with E-state index in [4.69, 9.17) is 0 Å². The summed E-state index contributed by atoms with van der Waals surface area (Å²) in [4.78, 5) is 24.2. The van der Waals surface area contributed by atoms with Crippen LogP contribution in [0.25, 0.3) is 0 Å². The van der Waals surface area contributed by atoms with Crippen molar-refractivity contribution in [3.63, 3.8) is 0 Å². The van der Waals surface area contributed by atoms with Crippen LogP contribution in [0.5, 0.6) is 5.75 Å². The van der Waals surface area contributed by atoms with Crippen LogP contribution in [0.3, 0.4) is 0 Å². The Morgan fingerprint density at radius 2 is 1.75 bits per heavy atom. The third-order valence-electron chi connectivity index (χ3n) is 4.26. The van der Waals surface area contributed by atoms with Gasteiger partial charge in [0.05, 0.1) is 6.42 Å². The highest BCUT2D eigenvalue weighted by Crippen LogP contribution is 2.21. The van der Waals surface area contributed by atoms with Gasteiger partial charge in [0, 0.05) is 6.04 Å². The second-order valence-corrected chi connectivity index (χ2v) is 6.28. The summed E-state index contributed by atoms with van der Waals surface area (Å²) in [6.07, 6.45) is 0.523. The fourth-order valence-corrected chi connectivity index (χ4v) is 2.87. The molecule has 2 amide bonds. The third kappa shape index (κ3) is 5.48. The molecule has 1 aliphatic rings. The molecular formula is C19H20F2N4O3. The molecule has 148 valence electrons. The molecule has 0 bridgehead atoms. The van der Waals surface area contributed by atoms with Crippen molar-refractivity contribution in [3.05, 3.63) is 65.7 Å². The van der Waals surface area contributed by atoms with Crippen molar-refractivity contribution < 1.29 is 23.1 Å². The quantitative estimate of drug-likeness (QED) is 0.563. The molecule has 2 atom stereocenters. The monoisotopic (exact) mass is 390 g/mol. The number of nitrogens with one attached hydrogen (secondary N) is 4. The van der Waals surface area contributed by atoms with Crippen LogP contribution in [0.2, 0.25) is 0 Å². The van der Waals surface area contributed by atoms with E-state index in [2.05, 4.69) is 26.4 Å². The van der Waals surface area contributed by atoms with Gasteiger partial charge in [0.15, 0.2) is 0 Å². The standard InChI is InChI=1S/C19H20F2N4O3/c20-19(21)28-14-8-6-12(7-9-14)10-17(26)24-25-18(27)16-11-15(22-23-16)13-4-2-1-3-5-13/h1-9,15-16,19,22-23H,10-11H2,(H,24,26)(H,25,27). The number of alkyl halides is 2. The summed E-state index contributed by atoms with van der Waals surface area (Å²) in [5.41, 5.74) is 12.4. The summed E-state index contributed by atoms with van der Waals surface area (Å²) >= 11 is 0. The lowest BCUT2D eigenvalue weighted by molar-refractivity contribution is -0.129. The van der Waals surface area contributed by atoms with Gasteiger partial charge in [-0.15, -0.1) is 0 Å².